The van der Waals surface area contributed by atoms with Gasteiger partial charge in [-0.3, -0.25) is 0 Å². The molecule has 104 valence electrons. The van der Waals surface area contributed by atoms with Gasteiger partial charge in [0, 0.05) is 5.56 Å². The van der Waals surface area contributed by atoms with Crippen LogP contribution in [0.4, 0.5) is 10.5 Å². The summed E-state index contributed by atoms with van der Waals surface area (Å²) in [6, 6.07) is 16.9. The Morgan fingerprint density at radius 2 is 1.75 bits per heavy atom. The highest BCUT2D eigenvalue weighted by Gasteiger charge is 2.09. The summed E-state index contributed by atoms with van der Waals surface area (Å²) in [6.45, 7) is 1.65. The molecule has 0 aliphatic rings. The van der Waals surface area contributed by atoms with Crippen LogP contribution in [-0.2, 0) is 0 Å². The molecular weight excluding hydrogens is 252 g/mol. The van der Waals surface area contributed by atoms with Gasteiger partial charge in [0.15, 0.2) is 0 Å². The Morgan fingerprint density at radius 1 is 1.10 bits per heavy atom. The van der Waals surface area contributed by atoms with Crippen LogP contribution in [0.2, 0.25) is 0 Å². The standard InChI is InChI=1S/C16H18N2O2/c1-12(11-19)17-16(20)18-15-10-6-5-9-14(15)13-7-3-2-4-8-13/h2-10,12,19H,11H2,1H3,(H2,17,18,20)/t12-/m0/s1. The van der Waals surface area contributed by atoms with E-state index in [1.165, 1.54) is 0 Å². The summed E-state index contributed by atoms with van der Waals surface area (Å²) in [7, 11) is 0. The van der Waals surface area contributed by atoms with Crippen LogP contribution < -0.4 is 10.6 Å². The Kier molecular flexibility index (Phi) is 4.74. The van der Waals surface area contributed by atoms with E-state index in [2.05, 4.69) is 10.6 Å². The molecule has 20 heavy (non-hydrogen) atoms. The molecule has 0 bridgehead atoms. The maximum absolute atomic E-state index is 11.8. The average Bonchev–Trinajstić information content (AvgIpc) is 2.48. The summed E-state index contributed by atoms with van der Waals surface area (Å²) in [5.41, 5.74) is 2.74. The SMILES string of the molecule is C[C@@H](CO)NC(=O)Nc1ccccc1-c1ccccc1. The van der Waals surface area contributed by atoms with Crippen molar-refractivity contribution in [3.05, 3.63) is 54.6 Å². The maximum atomic E-state index is 11.8. The molecular formula is C16H18N2O2. The number of anilines is 1. The van der Waals surface area contributed by atoms with Crippen molar-refractivity contribution in [2.45, 2.75) is 13.0 Å². The molecule has 2 amide bonds. The summed E-state index contributed by atoms with van der Waals surface area (Å²) in [5, 5.41) is 14.4. The van der Waals surface area contributed by atoms with Crippen molar-refractivity contribution in [1.82, 2.24) is 5.32 Å². The third kappa shape index (κ3) is 3.59. The van der Waals surface area contributed by atoms with E-state index in [4.69, 9.17) is 5.11 Å². The van der Waals surface area contributed by atoms with Crippen LogP contribution in [0.25, 0.3) is 11.1 Å². The first-order valence-electron chi connectivity index (χ1n) is 6.53. The number of rotatable bonds is 4. The molecule has 0 saturated carbocycles. The number of para-hydroxylation sites is 1. The minimum Gasteiger partial charge on any atom is -0.394 e. The van der Waals surface area contributed by atoms with Gasteiger partial charge >= 0.3 is 6.03 Å². The van der Waals surface area contributed by atoms with E-state index >= 15 is 0 Å². The fourth-order valence-corrected chi connectivity index (χ4v) is 1.89. The van der Waals surface area contributed by atoms with Crippen molar-refractivity contribution in [3.63, 3.8) is 0 Å². The molecule has 0 unspecified atom stereocenters. The van der Waals surface area contributed by atoms with Gasteiger partial charge in [-0.2, -0.15) is 0 Å². The lowest BCUT2D eigenvalue weighted by Crippen LogP contribution is -2.38. The van der Waals surface area contributed by atoms with E-state index in [1.54, 1.807) is 6.92 Å². The molecule has 0 spiro atoms. The van der Waals surface area contributed by atoms with E-state index < -0.39 is 0 Å². The minimum atomic E-state index is -0.324. The molecule has 3 N–H and O–H groups in total. The largest absolute Gasteiger partial charge is 0.394 e. The van der Waals surface area contributed by atoms with Gasteiger partial charge < -0.3 is 15.7 Å². The molecule has 0 aliphatic carbocycles. The zero-order valence-corrected chi connectivity index (χ0v) is 11.3. The van der Waals surface area contributed by atoms with Crippen molar-refractivity contribution in [2.24, 2.45) is 0 Å². The quantitative estimate of drug-likeness (QED) is 0.800. The van der Waals surface area contributed by atoms with Crippen molar-refractivity contribution in [2.75, 3.05) is 11.9 Å². The number of benzene rings is 2. The van der Waals surface area contributed by atoms with Crippen LogP contribution in [0, 0.1) is 0 Å². The predicted octanol–water partition coefficient (Wildman–Crippen LogP) is 2.86. The van der Waals surface area contributed by atoms with Crippen LogP contribution in [0.1, 0.15) is 6.92 Å². The summed E-state index contributed by atoms with van der Waals surface area (Å²) in [5.74, 6) is 0. The van der Waals surface area contributed by atoms with Gasteiger partial charge in [0.25, 0.3) is 0 Å². The van der Waals surface area contributed by atoms with Gasteiger partial charge in [-0.05, 0) is 18.6 Å². The van der Waals surface area contributed by atoms with Crippen LogP contribution >= 0.6 is 0 Å². The molecule has 0 fully saturated rings. The molecule has 0 saturated heterocycles. The molecule has 4 nitrogen and oxygen atoms in total. The third-order valence-electron chi connectivity index (χ3n) is 2.91. The second-order valence-electron chi connectivity index (χ2n) is 4.59. The molecule has 1 atom stereocenters. The highest BCUT2D eigenvalue weighted by molar-refractivity contribution is 5.94. The lowest BCUT2D eigenvalue weighted by Gasteiger charge is -2.14. The van der Waals surface area contributed by atoms with Gasteiger partial charge in [0.2, 0.25) is 0 Å². The summed E-state index contributed by atoms with van der Waals surface area (Å²) in [6.07, 6.45) is 0. The molecule has 2 aromatic rings. The lowest BCUT2D eigenvalue weighted by atomic mass is 10.0. The van der Waals surface area contributed by atoms with E-state index in [9.17, 15) is 4.79 Å². The van der Waals surface area contributed by atoms with Gasteiger partial charge in [-0.15, -0.1) is 0 Å². The highest BCUT2D eigenvalue weighted by atomic mass is 16.3. The van der Waals surface area contributed by atoms with Crippen LogP contribution in [0.3, 0.4) is 0 Å². The molecule has 0 aliphatic heterocycles. The smallest absolute Gasteiger partial charge is 0.319 e. The van der Waals surface area contributed by atoms with Crippen molar-refractivity contribution >= 4 is 11.7 Å². The Hall–Kier alpha value is -2.33. The van der Waals surface area contributed by atoms with Gasteiger partial charge in [0.05, 0.1) is 18.3 Å². The Morgan fingerprint density at radius 3 is 2.45 bits per heavy atom. The van der Waals surface area contributed by atoms with E-state index in [0.717, 1.165) is 16.8 Å². The van der Waals surface area contributed by atoms with Gasteiger partial charge in [0.1, 0.15) is 0 Å². The average molecular weight is 270 g/mol. The molecule has 2 rings (SSSR count). The monoisotopic (exact) mass is 270 g/mol. The molecule has 2 aromatic carbocycles. The Labute approximate surface area is 118 Å². The minimum absolute atomic E-state index is 0.0895. The predicted molar refractivity (Wildman–Crippen MR) is 80.6 cm³/mol. The topological polar surface area (TPSA) is 61.4 Å². The first-order valence-corrected chi connectivity index (χ1v) is 6.53. The number of hydrogen-bond donors (Lipinski definition) is 3. The zero-order valence-electron chi connectivity index (χ0n) is 11.3. The number of urea groups is 1. The fraction of sp³-hybridized carbons (Fsp3) is 0.188. The maximum Gasteiger partial charge on any atom is 0.319 e. The number of carbonyl (C=O) groups is 1. The Balaban J connectivity index is 2.19. The number of amides is 2. The summed E-state index contributed by atoms with van der Waals surface area (Å²) >= 11 is 0. The first kappa shape index (κ1) is 14.1. The molecule has 0 heterocycles. The number of hydrogen-bond acceptors (Lipinski definition) is 2. The van der Waals surface area contributed by atoms with E-state index in [0.29, 0.717) is 0 Å². The second-order valence-corrected chi connectivity index (χ2v) is 4.59. The number of aliphatic hydroxyl groups is 1. The lowest BCUT2D eigenvalue weighted by molar-refractivity contribution is 0.229. The van der Waals surface area contributed by atoms with Crippen LogP contribution in [-0.4, -0.2) is 23.8 Å². The van der Waals surface area contributed by atoms with Crippen molar-refractivity contribution < 1.29 is 9.90 Å². The summed E-state index contributed by atoms with van der Waals surface area (Å²) < 4.78 is 0. The van der Waals surface area contributed by atoms with E-state index in [1.807, 2.05) is 54.6 Å². The fourth-order valence-electron chi connectivity index (χ4n) is 1.89. The van der Waals surface area contributed by atoms with Crippen LogP contribution in [0.5, 0.6) is 0 Å². The van der Waals surface area contributed by atoms with Crippen molar-refractivity contribution in [3.8, 4) is 11.1 Å². The first-order chi connectivity index (χ1) is 9.70. The van der Waals surface area contributed by atoms with Crippen LogP contribution in [0.15, 0.2) is 54.6 Å². The number of aliphatic hydroxyl groups excluding tert-OH is 1. The Bertz CT molecular complexity index is 570. The number of nitrogens with one attached hydrogen (secondary N) is 2. The van der Waals surface area contributed by atoms with Crippen molar-refractivity contribution in [1.29, 1.82) is 0 Å². The zero-order chi connectivity index (χ0) is 14.4. The number of carbonyl (C=O) groups excluding carboxylic acids is 1. The normalized spacial score (nSPS) is 11.7. The molecule has 0 radical (unpaired) electrons. The highest BCUT2D eigenvalue weighted by Crippen LogP contribution is 2.27. The second kappa shape index (κ2) is 6.73. The third-order valence-corrected chi connectivity index (χ3v) is 2.91. The molecule has 4 heteroatoms. The van der Waals surface area contributed by atoms with Gasteiger partial charge in [-0.1, -0.05) is 48.5 Å². The molecule has 0 aromatic heterocycles. The summed E-state index contributed by atoms with van der Waals surface area (Å²) in [4.78, 5) is 11.8. The van der Waals surface area contributed by atoms with E-state index in [-0.39, 0.29) is 18.7 Å². The van der Waals surface area contributed by atoms with Gasteiger partial charge in [-0.25, -0.2) is 4.79 Å².